The van der Waals surface area contributed by atoms with Crippen LogP contribution in [0.2, 0.25) is 5.02 Å². The SMILES string of the molecule is CCCCC(=O)N=c1sc2cc(Cl)ccc2n1CCC(=O)OCC. The predicted octanol–water partition coefficient (Wildman–Crippen LogP) is 3.93. The smallest absolute Gasteiger partial charge is 0.307 e. The van der Waals surface area contributed by atoms with Gasteiger partial charge in [-0.1, -0.05) is 36.3 Å². The molecule has 0 N–H and O–H groups in total. The predicted molar refractivity (Wildman–Crippen MR) is 96.2 cm³/mol. The summed E-state index contributed by atoms with van der Waals surface area (Å²) in [5, 5.41) is 0.630. The van der Waals surface area contributed by atoms with Crippen LogP contribution in [0.3, 0.4) is 0 Å². The van der Waals surface area contributed by atoms with E-state index in [1.165, 1.54) is 11.3 Å². The fourth-order valence-electron chi connectivity index (χ4n) is 2.28. The summed E-state index contributed by atoms with van der Waals surface area (Å²) >= 11 is 7.45. The van der Waals surface area contributed by atoms with Crippen LogP contribution in [-0.2, 0) is 20.9 Å². The second-order valence-corrected chi connectivity index (χ2v) is 6.76. The molecule has 130 valence electrons. The molecule has 0 unspecified atom stereocenters. The monoisotopic (exact) mass is 368 g/mol. The Kier molecular flexibility index (Phi) is 6.99. The van der Waals surface area contributed by atoms with Gasteiger partial charge in [0.1, 0.15) is 0 Å². The molecule has 0 saturated carbocycles. The second-order valence-electron chi connectivity index (χ2n) is 5.31. The minimum absolute atomic E-state index is 0.139. The lowest BCUT2D eigenvalue weighted by Gasteiger charge is -2.05. The van der Waals surface area contributed by atoms with Gasteiger partial charge in [-0.25, -0.2) is 0 Å². The number of benzene rings is 1. The molecule has 1 heterocycles. The number of hydrogen-bond donors (Lipinski definition) is 0. The summed E-state index contributed by atoms with van der Waals surface area (Å²) in [7, 11) is 0. The molecule has 0 aliphatic rings. The minimum atomic E-state index is -0.262. The molecule has 0 aliphatic carbocycles. The van der Waals surface area contributed by atoms with Gasteiger partial charge < -0.3 is 9.30 Å². The number of thiazole rings is 1. The van der Waals surface area contributed by atoms with Crippen molar-refractivity contribution in [1.82, 2.24) is 4.57 Å². The van der Waals surface area contributed by atoms with Crippen molar-refractivity contribution in [3.63, 3.8) is 0 Å². The zero-order valence-electron chi connectivity index (χ0n) is 13.9. The van der Waals surface area contributed by atoms with Gasteiger partial charge in [-0.15, -0.1) is 0 Å². The number of aryl methyl sites for hydroxylation is 1. The first-order valence-electron chi connectivity index (χ1n) is 8.07. The second kappa shape index (κ2) is 8.99. The van der Waals surface area contributed by atoms with E-state index < -0.39 is 0 Å². The summed E-state index contributed by atoms with van der Waals surface area (Å²) in [6.07, 6.45) is 2.44. The van der Waals surface area contributed by atoms with E-state index in [-0.39, 0.29) is 18.3 Å². The Hall–Kier alpha value is -1.66. The lowest BCUT2D eigenvalue weighted by molar-refractivity contribution is -0.143. The number of hydrogen-bond acceptors (Lipinski definition) is 4. The molecule has 1 aromatic heterocycles. The number of carbonyl (C=O) groups is 2. The van der Waals surface area contributed by atoms with Gasteiger partial charge in [-0.2, -0.15) is 4.99 Å². The van der Waals surface area contributed by atoms with Gasteiger partial charge in [-0.05, 0) is 31.5 Å². The summed E-state index contributed by atoms with van der Waals surface area (Å²) < 4.78 is 7.80. The van der Waals surface area contributed by atoms with E-state index in [4.69, 9.17) is 16.3 Å². The zero-order chi connectivity index (χ0) is 17.5. The van der Waals surface area contributed by atoms with Crippen LogP contribution in [0.15, 0.2) is 23.2 Å². The molecular formula is C17H21ClN2O3S. The maximum Gasteiger partial charge on any atom is 0.307 e. The largest absolute Gasteiger partial charge is 0.466 e. The molecule has 1 aromatic carbocycles. The average Bonchev–Trinajstić information content (AvgIpc) is 2.87. The highest BCUT2D eigenvalue weighted by Gasteiger charge is 2.11. The van der Waals surface area contributed by atoms with Crippen LogP contribution in [0.4, 0.5) is 0 Å². The summed E-state index contributed by atoms with van der Waals surface area (Å²) in [6.45, 7) is 4.59. The molecule has 24 heavy (non-hydrogen) atoms. The van der Waals surface area contributed by atoms with E-state index in [1.54, 1.807) is 13.0 Å². The number of unbranched alkanes of at least 4 members (excludes halogenated alkanes) is 1. The molecule has 0 saturated heterocycles. The molecule has 0 spiro atoms. The number of amides is 1. The van der Waals surface area contributed by atoms with Gasteiger partial charge in [0.15, 0.2) is 4.80 Å². The molecule has 0 atom stereocenters. The Bertz CT molecular complexity index is 795. The molecule has 0 radical (unpaired) electrons. The Balaban J connectivity index is 2.37. The van der Waals surface area contributed by atoms with Crippen LogP contribution in [0.25, 0.3) is 10.2 Å². The Morgan fingerprint density at radius 2 is 2.08 bits per heavy atom. The van der Waals surface area contributed by atoms with Crippen LogP contribution in [0.5, 0.6) is 0 Å². The van der Waals surface area contributed by atoms with Gasteiger partial charge in [0.25, 0.3) is 0 Å². The van der Waals surface area contributed by atoms with Crippen molar-refractivity contribution in [2.45, 2.75) is 46.1 Å². The number of halogens is 1. The van der Waals surface area contributed by atoms with Crippen LogP contribution in [0, 0.1) is 0 Å². The fraction of sp³-hybridized carbons (Fsp3) is 0.471. The zero-order valence-corrected chi connectivity index (χ0v) is 15.5. The third kappa shape index (κ3) is 4.92. The van der Waals surface area contributed by atoms with E-state index in [1.807, 2.05) is 23.6 Å². The number of esters is 1. The van der Waals surface area contributed by atoms with Crippen LogP contribution in [0.1, 0.15) is 39.5 Å². The lowest BCUT2D eigenvalue weighted by Crippen LogP contribution is -2.19. The first-order chi connectivity index (χ1) is 11.5. The third-order valence-electron chi connectivity index (χ3n) is 3.45. The van der Waals surface area contributed by atoms with Gasteiger partial charge >= 0.3 is 5.97 Å². The molecule has 1 amide bonds. The first kappa shape index (κ1) is 18.7. The number of nitrogens with zero attached hydrogens (tertiary/aromatic N) is 2. The number of ether oxygens (including phenoxy) is 1. The standard InChI is InChI=1S/C17H21ClN2O3S/c1-3-5-6-15(21)19-17-20(10-9-16(22)23-4-2)13-8-7-12(18)11-14(13)24-17/h7-8,11H,3-6,9-10H2,1-2H3. The number of rotatable bonds is 7. The van der Waals surface area contributed by atoms with Crippen LogP contribution >= 0.6 is 22.9 Å². The van der Waals surface area contributed by atoms with E-state index in [9.17, 15) is 9.59 Å². The Labute approximate surface area is 149 Å². The van der Waals surface area contributed by atoms with Crippen LogP contribution in [-0.4, -0.2) is 23.1 Å². The number of fused-ring (bicyclic) bond motifs is 1. The highest BCUT2D eigenvalue weighted by Crippen LogP contribution is 2.22. The molecule has 2 aromatic rings. The topological polar surface area (TPSA) is 60.7 Å². The van der Waals surface area contributed by atoms with Crippen molar-refractivity contribution in [3.05, 3.63) is 28.0 Å². The lowest BCUT2D eigenvalue weighted by atomic mass is 10.2. The molecule has 5 nitrogen and oxygen atoms in total. The Morgan fingerprint density at radius 1 is 1.29 bits per heavy atom. The number of carbonyl (C=O) groups excluding carboxylic acids is 2. The summed E-state index contributed by atoms with van der Waals surface area (Å²) in [4.78, 5) is 28.5. The summed E-state index contributed by atoms with van der Waals surface area (Å²) in [6, 6.07) is 5.52. The van der Waals surface area contributed by atoms with Crippen molar-refractivity contribution in [2.24, 2.45) is 4.99 Å². The van der Waals surface area contributed by atoms with Crippen molar-refractivity contribution in [2.75, 3.05) is 6.61 Å². The van der Waals surface area contributed by atoms with E-state index >= 15 is 0 Å². The summed E-state index contributed by atoms with van der Waals surface area (Å²) in [5.41, 5.74) is 0.913. The summed E-state index contributed by atoms with van der Waals surface area (Å²) in [5.74, 6) is -0.402. The third-order valence-corrected chi connectivity index (χ3v) is 4.73. The molecule has 0 aliphatic heterocycles. The quantitative estimate of drug-likeness (QED) is 0.696. The highest BCUT2D eigenvalue weighted by atomic mass is 35.5. The Morgan fingerprint density at radius 3 is 2.79 bits per heavy atom. The van der Waals surface area contributed by atoms with Crippen LogP contribution < -0.4 is 4.80 Å². The maximum atomic E-state index is 12.0. The molecule has 7 heteroatoms. The van der Waals surface area contributed by atoms with Gasteiger partial charge in [0.2, 0.25) is 5.91 Å². The fourth-order valence-corrected chi connectivity index (χ4v) is 3.62. The van der Waals surface area contributed by atoms with Crippen molar-refractivity contribution >= 4 is 45.0 Å². The van der Waals surface area contributed by atoms with E-state index in [2.05, 4.69) is 4.99 Å². The molecular weight excluding hydrogens is 348 g/mol. The van der Waals surface area contributed by atoms with Crippen molar-refractivity contribution < 1.29 is 14.3 Å². The van der Waals surface area contributed by atoms with Gasteiger partial charge in [0, 0.05) is 18.0 Å². The molecule has 0 fully saturated rings. The van der Waals surface area contributed by atoms with E-state index in [0.717, 1.165) is 23.1 Å². The maximum absolute atomic E-state index is 12.0. The minimum Gasteiger partial charge on any atom is -0.466 e. The molecule has 2 rings (SSSR count). The number of aromatic nitrogens is 1. The van der Waals surface area contributed by atoms with Crippen molar-refractivity contribution in [3.8, 4) is 0 Å². The highest BCUT2D eigenvalue weighted by molar-refractivity contribution is 7.16. The van der Waals surface area contributed by atoms with Gasteiger partial charge in [-0.3, -0.25) is 9.59 Å². The van der Waals surface area contributed by atoms with Gasteiger partial charge in [0.05, 0.1) is 23.2 Å². The first-order valence-corrected chi connectivity index (χ1v) is 9.26. The average molecular weight is 369 g/mol. The normalized spacial score (nSPS) is 11.9. The molecule has 0 bridgehead atoms. The van der Waals surface area contributed by atoms with Crippen molar-refractivity contribution in [1.29, 1.82) is 0 Å². The van der Waals surface area contributed by atoms with E-state index in [0.29, 0.717) is 29.4 Å².